The smallest absolute Gasteiger partial charge is 0.329 e. The van der Waals surface area contributed by atoms with Crippen molar-refractivity contribution in [3.63, 3.8) is 0 Å². The van der Waals surface area contributed by atoms with Gasteiger partial charge in [0.25, 0.3) is 11.8 Å². The summed E-state index contributed by atoms with van der Waals surface area (Å²) >= 11 is 0. The third kappa shape index (κ3) is 7.92. The van der Waals surface area contributed by atoms with Gasteiger partial charge in [-0.05, 0) is 49.9 Å². The van der Waals surface area contributed by atoms with Crippen LogP contribution in [0.4, 0.5) is 4.79 Å². The fourth-order valence-corrected chi connectivity index (χ4v) is 3.27. The molecule has 0 spiro atoms. The Morgan fingerprint density at radius 2 is 1.71 bits per heavy atom. The minimum atomic E-state index is -0.945. The van der Waals surface area contributed by atoms with Crippen LogP contribution >= 0.6 is 0 Å². The molecule has 1 aromatic carbocycles. The molecule has 0 radical (unpaired) electrons. The molecule has 3 N–H and O–H groups in total. The summed E-state index contributed by atoms with van der Waals surface area (Å²) in [6.45, 7) is 5.27. The van der Waals surface area contributed by atoms with E-state index >= 15 is 0 Å². The minimum Gasteiger partial charge on any atom is -0.494 e. The van der Waals surface area contributed by atoms with E-state index in [1.165, 1.54) is 0 Å². The Hall–Kier alpha value is -3.10. The van der Waals surface area contributed by atoms with Gasteiger partial charge in [0.05, 0.1) is 6.61 Å². The van der Waals surface area contributed by atoms with Crippen molar-refractivity contribution in [2.75, 3.05) is 13.2 Å². The number of esters is 1. The third-order valence-electron chi connectivity index (χ3n) is 4.92. The number of imide groups is 1. The molecular weight excluding hydrogens is 402 g/mol. The van der Waals surface area contributed by atoms with Crippen molar-refractivity contribution < 1.29 is 28.7 Å². The molecule has 9 heteroatoms. The van der Waals surface area contributed by atoms with Gasteiger partial charge in [0, 0.05) is 11.6 Å². The molecule has 0 heterocycles. The summed E-state index contributed by atoms with van der Waals surface area (Å²) in [6.07, 6.45) is 3.88. The van der Waals surface area contributed by atoms with Crippen LogP contribution in [0.3, 0.4) is 0 Å². The lowest BCUT2D eigenvalue weighted by Gasteiger charge is -2.21. The van der Waals surface area contributed by atoms with Crippen molar-refractivity contribution in [2.45, 2.75) is 58.5 Å². The van der Waals surface area contributed by atoms with E-state index in [1.54, 1.807) is 38.1 Å². The first kappa shape index (κ1) is 24.2. The van der Waals surface area contributed by atoms with Crippen LogP contribution in [0, 0.1) is 5.92 Å². The molecule has 1 atom stereocenters. The molecule has 1 saturated carbocycles. The van der Waals surface area contributed by atoms with Gasteiger partial charge >= 0.3 is 12.0 Å². The van der Waals surface area contributed by atoms with E-state index in [9.17, 15) is 19.2 Å². The molecule has 1 unspecified atom stereocenters. The van der Waals surface area contributed by atoms with E-state index in [1.807, 2.05) is 6.92 Å². The maximum Gasteiger partial charge on any atom is 0.329 e. The number of ether oxygens (including phenoxy) is 2. The molecule has 1 aliphatic rings. The van der Waals surface area contributed by atoms with Crippen LogP contribution in [0.2, 0.25) is 0 Å². The zero-order chi connectivity index (χ0) is 22.8. The first-order valence-electron chi connectivity index (χ1n) is 10.6. The van der Waals surface area contributed by atoms with E-state index in [2.05, 4.69) is 16.0 Å². The van der Waals surface area contributed by atoms with Crippen molar-refractivity contribution in [3.8, 4) is 5.75 Å². The Morgan fingerprint density at radius 3 is 2.29 bits per heavy atom. The average Bonchev–Trinajstić information content (AvgIpc) is 3.23. The number of rotatable bonds is 9. The Labute approximate surface area is 182 Å². The molecule has 0 saturated heterocycles. The first-order valence-corrected chi connectivity index (χ1v) is 10.6. The fourth-order valence-electron chi connectivity index (χ4n) is 3.27. The van der Waals surface area contributed by atoms with Crippen LogP contribution in [0.15, 0.2) is 24.3 Å². The van der Waals surface area contributed by atoms with E-state index in [0.717, 1.165) is 25.7 Å². The van der Waals surface area contributed by atoms with Gasteiger partial charge in [-0.25, -0.2) is 9.59 Å². The number of urea groups is 1. The van der Waals surface area contributed by atoms with Gasteiger partial charge in [0.15, 0.2) is 6.61 Å². The molecule has 0 aromatic heterocycles. The maximum absolute atomic E-state index is 12.5. The summed E-state index contributed by atoms with van der Waals surface area (Å²) < 4.78 is 10.4. The summed E-state index contributed by atoms with van der Waals surface area (Å²) in [6, 6.07) is 5.05. The second kappa shape index (κ2) is 11.9. The third-order valence-corrected chi connectivity index (χ3v) is 4.92. The van der Waals surface area contributed by atoms with Crippen LogP contribution in [-0.4, -0.2) is 49.1 Å². The normalized spacial score (nSPS) is 14.6. The first-order chi connectivity index (χ1) is 14.8. The predicted molar refractivity (Wildman–Crippen MR) is 114 cm³/mol. The quantitative estimate of drug-likeness (QED) is 0.513. The number of benzene rings is 1. The highest BCUT2D eigenvalue weighted by Gasteiger charge is 2.27. The molecule has 170 valence electrons. The van der Waals surface area contributed by atoms with Gasteiger partial charge in [-0.2, -0.15) is 0 Å². The van der Waals surface area contributed by atoms with Gasteiger partial charge in [0.1, 0.15) is 11.8 Å². The van der Waals surface area contributed by atoms with Gasteiger partial charge < -0.3 is 20.1 Å². The van der Waals surface area contributed by atoms with Gasteiger partial charge in [-0.1, -0.05) is 26.7 Å². The zero-order valence-electron chi connectivity index (χ0n) is 18.2. The lowest BCUT2D eigenvalue weighted by atomic mass is 10.0. The minimum absolute atomic E-state index is 0.0680. The van der Waals surface area contributed by atoms with Crippen molar-refractivity contribution in [3.05, 3.63) is 29.8 Å². The van der Waals surface area contributed by atoms with Crippen molar-refractivity contribution >= 4 is 23.8 Å². The Morgan fingerprint density at radius 1 is 1.06 bits per heavy atom. The van der Waals surface area contributed by atoms with Crippen molar-refractivity contribution in [2.24, 2.45) is 5.92 Å². The summed E-state index contributed by atoms with van der Waals surface area (Å²) in [7, 11) is 0. The molecular formula is C22H31N3O6. The second-order valence-corrected chi connectivity index (χ2v) is 7.76. The zero-order valence-corrected chi connectivity index (χ0v) is 18.2. The van der Waals surface area contributed by atoms with Crippen LogP contribution in [-0.2, 0) is 14.3 Å². The highest BCUT2D eigenvalue weighted by atomic mass is 16.5. The van der Waals surface area contributed by atoms with Crippen molar-refractivity contribution in [1.29, 1.82) is 0 Å². The Balaban J connectivity index is 1.83. The summed E-state index contributed by atoms with van der Waals surface area (Å²) in [5.74, 6) is -1.56. The molecule has 1 aliphatic carbocycles. The fraction of sp³-hybridized carbons (Fsp3) is 0.545. The molecule has 0 aliphatic heterocycles. The van der Waals surface area contributed by atoms with Crippen molar-refractivity contribution in [1.82, 2.24) is 16.0 Å². The maximum atomic E-state index is 12.5. The average molecular weight is 434 g/mol. The Bertz CT molecular complexity index is 772. The number of carbonyl (C=O) groups excluding carboxylic acids is 4. The van der Waals surface area contributed by atoms with Crippen LogP contribution in [0.25, 0.3) is 0 Å². The van der Waals surface area contributed by atoms with Crippen LogP contribution in [0.1, 0.15) is 56.8 Å². The van der Waals surface area contributed by atoms with E-state index in [-0.39, 0.29) is 12.0 Å². The SMILES string of the molecule is CCOc1ccc(C(=O)NC(C(=O)OCC(=O)NC(=O)NC2CCCC2)C(C)C)cc1. The van der Waals surface area contributed by atoms with E-state index < -0.39 is 36.5 Å². The standard InChI is InChI=1S/C22H31N3O6/c1-4-30-17-11-9-15(10-12-17)20(27)25-19(14(2)3)21(28)31-13-18(26)24-22(29)23-16-7-5-6-8-16/h9-12,14,16,19H,4-8,13H2,1-3H3,(H,25,27)(H2,23,24,26,29). The number of hydrogen-bond acceptors (Lipinski definition) is 6. The Kier molecular flexibility index (Phi) is 9.30. The lowest BCUT2D eigenvalue weighted by molar-refractivity contribution is -0.151. The second-order valence-electron chi connectivity index (χ2n) is 7.76. The number of nitrogens with one attached hydrogen (secondary N) is 3. The molecule has 4 amide bonds. The van der Waals surface area contributed by atoms with E-state index in [0.29, 0.717) is 17.9 Å². The summed E-state index contributed by atoms with van der Waals surface area (Å²) in [4.78, 5) is 48.6. The predicted octanol–water partition coefficient (Wildman–Crippen LogP) is 2.15. The number of carbonyl (C=O) groups is 4. The molecule has 2 rings (SSSR count). The highest BCUT2D eigenvalue weighted by molar-refractivity contribution is 5.98. The van der Waals surface area contributed by atoms with E-state index in [4.69, 9.17) is 9.47 Å². The monoisotopic (exact) mass is 433 g/mol. The highest BCUT2D eigenvalue weighted by Crippen LogP contribution is 2.17. The molecule has 9 nitrogen and oxygen atoms in total. The number of amides is 4. The summed E-state index contributed by atoms with van der Waals surface area (Å²) in [5.41, 5.74) is 0.364. The number of hydrogen-bond donors (Lipinski definition) is 3. The topological polar surface area (TPSA) is 123 Å². The molecule has 1 fully saturated rings. The van der Waals surface area contributed by atoms with Gasteiger partial charge in [-0.15, -0.1) is 0 Å². The van der Waals surface area contributed by atoms with Crippen LogP contribution < -0.4 is 20.7 Å². The molecule has 1 aromatic rings. The van der Waals surface area contributed by atoms with Gasteiger partial charge in [0.2, 0.25) is 0 Å². The van der Waals surface area contributed by atoms with Crippen LogP contribution in [0.5, 0.6) is 5.75 Å². The molecule has 0 bridgehead atoms. The van der Waals surface area contributed by atoms with Gasteiger partial charge in [-0.3, -0.25) is 14.9 Å². The largest absolute Gasteiger partial charge is 0.494 e. The lowest BCUT2D eigenvalue weighted by Crippen LogP contribution is -2.47. The summed E-state index contributed by atoms with van der Waals surface area (Å²) in [5, 5.41) is 7.50. The molecule has 31 heavy (non-hydrogen) atoms.